The molecule has 0 bridgehead atoms. The third kappa shape index (κ3) is 8.69. The van der Waals surface area contributed by atoms with E-state index in [1.807, 2.05) is 0 Å². The van der Waals surface area contributed by atoms with E-state index < -0.39 is 25.7 Å². The highest BCUT2D eigenvalue weighted by atomic mass is 28.4. The van der Waals surface area contributed by atoms with Crippen molar-refractivity contribution < 1.29 is 8.54 Å². The first kappa shape index (κ1) is 16.6. The molecule has 0 rings (SSSR count). The Morgan fingerprint density at radius 2 is 1.44 bits per heavy atom. The van der Waals surface area contributed by atoms with E-state index in [0.29, 0.717) is 0 Å². The lowest BCUT2D eigenvalue weighted by Crippen LogP contribution is -2.36. The van der Waals surface area contributed by atoms with Gasteiger partial charge in [-0.05, 0) is 58.3 Å². The van der Waals surface area contributed by atoms with Crippen molar-refractivity contribution in [3.63, 3.8) is 0 Å². The summed E-state index contributed by atoms with van der Waals surface area (Å²) in [6, 6.07) is 2.57. The molecule has 0 atom stereocenters. The zero-order chi connectivity index (χ0) is 12.8. The van der Waals surface area contributed by atoms with E-state index in [9.17, 15) is 0 Å². The summed E-state index contributed by atoms with van der Waals surface area (Å²) in [5.41, 5.74) is 0. The minimum atomic E-state index is -1.37. The van der Waals surface area contributed by atoms with Crippen molar-refractivity contribution in [2.75, 3.05) is 6.61 Å². The van der Waals surface area contributed by atoms with Crippen molar-refractivity contribution in [1.29, 1.82) is 0 Å². The molecule has 0 aromatic rings. The monoisotopic (exact) mass is 278 g/mol. The van der Waals surface area contributed by atoms with Crippen molar-refractivity contribution in [3.05, 3.63) is 0 Å². The first-order chi connectivity index (χ1) is 7.18. The smallest absolute Gasteiger partial charge is 0.186 e. The van der Waals surface area contributed by atoms with Crippen LogP contribution in [0.4, 0.5) is 0 Å². The second-order valence-corrected chi connectivity index (χ2v) is 17.3. The third-order valence-corrected chi connectivity index (χ3v) is 11.3. The predicted molar refractivity (Wildman–Crippen MR) is 80.8 cm³/mol. The van der Waals surface area contributed by atoms with E-state index in [4.69, 9.17) is 8.54 Å². The van der Waals surface area contributed by atoms with Crippen LogP contribution in [-0.2, 0) is 8.54 Å². The maximum atomic E-state index is 6.16. The number of rotatable bonds is 8. The molecule has 5 heteroatoms. The van der Waals surface area contributed by atoms with Gasteiger partial charge in [0.05, 0.1) is 0 Å². The Bertz CT molecular complexity index is 194. The van der Waals surface area contributed by atoms with Gasteiger partial charge >= 0.3 is 0 Å². The molecule has 0 aliphatic carbocycles. The summed E-state index contributed by atoms with van der Waals surface area (Å²) in [6.45, 7) is 16.9. The molecule has 0 fully saturated rings. The summed E-state index contributed by atoms with van der Waals surface area (Å²) in [6.07, 6.45) is 1.29. The lowest BCUT2D eigenvalue weighted by atomic mass is 10.6. The molecule has 0 spiro atoms. The minimum Gasteiger partial charge on any atom is -0.458 e. The highest BCUT2D eigenvalue weighted by Gasteiger charge is 2.26. The van der Waals surface area contributed by atoms with Crippen LogP contribution in [0.1, 0.15) is 13.3 Å². The molecule has 0 saturated heterocycles. The van der Waals surface area contributed by atoms with E-state index in [2.05, 4.69) is 46.2 Å². The summed E-state index contributed by atoms with van der Waals surface area (Å²) >= 11 is 0. The van der Waals surface area contributed by atoms with Gasteiger partial charge < -0.3 is 8.54 Å². The summed E-state index contributed by atoms with van der Waals surface area (Å²) < 4.78 is 12.0. The highest BCUT2D eigenvalue weighted by molar-refractivity contribution is 6.78. The van der Waals surface area contributed by atoms with Gasteiger partial charge in [-0.3, -0.25) is 0 Å². The van der Waals surface area contributed by atoms with Crippen molar-refractivity contribution in [2.24, 2.45) is 0 Å². The Labute approximate surface area is 106 Å². The summed E-state index contributed by atoms with van der Waals surface area (Å²) in [7, 11) is -3.58. The largest absolute Gasteiger partial charge is 0.458 e. The third-order valence-electron chi connectivity index (χ3n) is 2.65. The Hall–Kier alpha value is 0.571. The molecule has 0 unspecified atom stereocenters. The lowest BCUT2D eigenvalue weighted by Gasteiger charge is -2.28. The normalized spacial score (nSPS) is 13.5. The molecule has 0 N–H and O–H groups in total. The lowest BCUT2D eigenvalue weighted by molar-refractivity contribution is 0.328. The maximum absolute atomic E-state index is 6.16. The van der Waals surface area contributed by atoms with E-state index >= 15 is 0 Å². The Morgan fingerprint density at radius 1 is 0.938 bits per heavy atom. The van der Waals surface area contributed by atoms with E-state index in [0.717, 1.165) is 6.61 Å². The average molecular weight is 279 g/mol. The molecule has 0 aromatic carbocycles. The average Bonchev–Trinajstić information content (AvgIpc) is 1.99. The molecule has 0 aliphatic heterocycles. The Kier molecular flexibility index (Phi) is 7.36. The van der Waals surface area contributed by atoms with Gasteiger partial charge in [0.25, 0.3) is 0 Å². The molecule has 2 nitrogen and oxygen atoms in total. The quantitative estimate of drug-likeness (QED) is 0.628. The fourth-order valence-corrected chi connectivity index (χ4v) is 11.0. The van der Waals surface area contributed by atoms with E-state index in [-0.39, 0.29) is 0 Å². The number of hydrogen-bond acceptors (Lipinski definition) is 2. The first-order valence-corrected chi connectivity index (χ1v) is 15.5. The van der Waals surface area contributed by atoms with Gasteiger partial charge in [-0.1, -0.05) is 6.42 Å². The van der Waals surface area contributed by atoms with Crippen molar-refractivity contribution in [1.82, 2.24) is 0 Å². The van der Waals surface area contributed by atoms with Gasteiger partial charge in [-0.15, -0.1) is 0 Å². The molecule has 0 saturated carbocycles. The van der Waals surface area contributed by atoms with Crippen molar-refractivity contribution in [3.8, 4) is 0 Å². The van der Waals surface area contributed by atoms with Gasteiger partial charge in [-0.2, -0.15) is 0 Å². The van der Waals surface area contributed by atoms with Crippen molar-refractivity contribution >= 4 is 25.7 Å². The van der Waals surface area contributed by atoms with Crippen LogP contribution in [0.3, 0.4) is 0 Å². The van der Waals surface area contributed by atoms with Gasteiger partial charge in [0.2, 0.25) is 0 Å². The van der Waals surface area contributed by atoms with Gasteiger partial charge in [-0.25, -0.2) is 0 Å². The highest BCUT2D eigenvalue weighted by Crippen LogP contribution is 2.21. The second-order valence-electron chi connectivity index (χ2n) is 5.97. The molecule has 0 aliphatic rings. The van der Waals surface area contributed by atoms with Crippen LogP contribution in [0, 0.1) is 0 Å². The molecule has 16 heavy (non-hydrogen) atoms. The maximum Gasteiger partial charge on any atom is 0.186 e. The fourth-order valence-electron chi connectivity index (χ4n) is 2.10. The molecular formula is C11H30O2Si3. The topological polar surface area (TPSA) is 18.5 Å². The van der Waals surface area contributed by atoms with E-state index in [1.54, 1.807) is 0 Å². The summed E-state index contributed by atoms with van der Waals surface area (Å²) in [5, 5.41) is 0. The van der Waals surface area contributed by atoms with Crippen molar-refractivity contribution in [2.45, 2.75) is 64.7 Å². The fraction of sp³-hybridized carbons (Fsp3) is 1.00. The van der Waals surface area contributed by atoms with Crippen LogP contribution >= 0.6 is 0 Å². The van der Waals surface area contributed by atoms with Crippen LogP contribution in [0.5, 0.6) is 0 Å². The summed E-state index contributed by atoms with van der Waals surface area (Å²) in [5.74, 6) is 0. The Balaban J connectivity index is 3.88. The van der Waals surface area contributed by atoms with Gasteiger partial charge in [0, 0.05) is 6.61 Å². The number of hydrogen-bond donors (Lipinski definition) is 0. The molecule has 98 valence electrons. The van der Waals surface area contributed by atoms with Gasteiger partial charge in [0.15, 0.2) is 25.7 Å². The van der Waals surface area contributed by atoms with Gasteiger partial charge in [0.1, 0.15) is 0 Å². The molecule has 0 heterocycles. The van der Waals surface area contributed by atoms with Crippen LogP contribution in [0.15, 0.2) is 0 Å². The molecule has 0 amide bonds. The van der Waals surface area contributed by atoms with Crippen LogP contribution in [0.2, 0.25) is 51.4 Å². The molecule has 0 radical (unpaired) electrons. The van der Waals surface area contributed by atoms with Crippen LogP contribution in [0.25, 0.3) is 0 Å². The van der Waals surface area contributed by atoms with Crippen LogP contribution < -0.4 is 0 Å². The summed E-state index contributed by atoms with van der Waals surface area (Å²) in [4.78, 5) is 0. The van der Waals surface area contributed by atoms with Crippen LogP contribution in [-0.4, -0.2) is 32.3 Å². The standard InChI is InChI=1S/C11H30O2Si3/c1-8-12-15(4,5)10-9-11-16(6,7)13-14(2)3/h14H,8-11H2,1-7H3. The SMILES string of the molecule is CCO[Si](C)(C)CCC[Si](C)(C)O[SiH](C)C. The van der Waals surface area contributed by atoms with E-state index in [1.165, 1.54) is 18.5 Å². The zero-order valence-electron chi connectivity index (χ0n) is 12.2. The predicted octanol–water partition coefficient (Wildman–Crippen LogP) is 3.82. The minimum absolute atomic E-state index is 0.852. The second kappa shape index (κ2) is 7.10. The molecule has 0 aromatic heterocycles. The zero-order valence-corrected chi connectivity index (χ0v) is 15.4. The molecular weight excluding hydrogens is 248 g/mol. The first-order valence-electron chi connectivity index (χ1n) is 6.50. The Morgan fingerprint density at radius 3 is 1.88 bits per heavy atom.